The lowest BCUT2D eigenvalue weighted by Crippen LogP contribution is -2.47. The molecule has 1 aliphatic carbocycles. The minimum atomic E-state index is -2.77. The molecule has 128 valence electrons. The number of likely N-dealkylation sites (tertiary alicyclic amines) is 1. The van der Waals surface area contributed by atoms with Crippen LogP contribution in [0.5, 0.6) is 5.75 Å². The predicted molar refractivity (Wildman–Crippen MR) is 84.7 cm³/mol. The lowest BCUT2D eigenvalue weighted by molar-refractivity contribution is -0.0498. The lowest BCUT2D eigenvalue weighted by atomic mass is 9.76. The summed E-state index contributed by atoms with van der Waals surface area (Å²) in [6.07, 6.45) is 6.52. The Morgan fingerprint density at radius 1 is 1.22 bits per heavy atom. The van der Waals surface area contributed by atoms with E-state index in [1.165, 1.54) is 32.1 Å². The molecule has 1 aliphatic heterocycles. The van der Waals surface area contributed by atoms with E-state index in [1.807, 2.05) is 19.2 Å². The van der Waals surface area contributed by atoms with Crippen LogP contribution in [0.3, 0.4) is 0 Å². The molecule has 5 heteroatoms. The lowest BCUT2D eigenvalue weighted by Gasteiger charge is -2.43. The summed E-state index contributed by atoms with van der Waals surface area (Å²) in [7, 11) is 1.83. The Balaban J connectivity index is 1.61. The third-order valence-electron chi connectivity index (χ3n) is 5.35. The van der Waals surface area contributed by atoms with Gasteiger partial charge in [-0.25, -0.2) is 0 Å². The van der Waals surface area contributed by atoms with Gasteiger partial charge in [-0.3, -0.25) is 4.90 Å². The van der Waals surface area contributed by atoms with E-state index in [0.717, 1.165) is 25.2 Å². The van der Waals surface area contributed by atoms with Crippen molar-refractivity contribution in [3.05, 3.63) is 29.8 Å². The van der Waals surface area contributed by atoms with Crippen molar-refractivity contribution in [1.82, 2.24) is 4.90 Å². The first-order chi connectivity index (χ1) is 11.1. The molecule has 23 heavy (non-hydrogen) atoms. The molecule has 0 aromatic heterocycles. The highest BCUT2D eigenvalue weighted by Crippen LogP contribution is 2.46. The summed E-state index contributed by atoms with van der Waals surface area (Å²) >= 11 is 0. The van der Waals surface area contributed by atoms with Crippen molar-refractivity contribution >= 4 is 0 Å². The second-order valence-corrected chi connectivity index (χ2v) is 6.82. The first kappa shape index (κ1) is 16.7. The maximum absolute atomic E-state index is 12.2. The Kier molecular flexibility index (Phi) is 5.17. The van der Waals surface area contributed by atoms with E-state index in [4.69, 9.17) is 4.74 Å². The van der Waals surface area contributed by atoms with Crippen molar-refractivity contribution in [3.63, 3.8) is 0 Å². The maximum Gasteiger partial charge on any atom is 0.387 e. The van der Waals surface area contributed by atoms with Crippen LogP contribution in [0.25, 0.3) is 0 Å². The van der Waals surface area contributed by atoms with Gasteiger partial charge in [0.1, 0.15) is 5.75 Å². The molecule has 2 aliphatic rings. The van der Waals surface area contributed by atoms with Crippen LogP contribution < -0.4 is 4.74 Å². The second-order valence-electron chi connectivity index (χ2n) is 6.82. The largest absolute Gasteiger partial charge is 0.435 e. The summed E-state index contributed by atoms with van der Waals surface area (Å²) < 4.78 is 34.5. The fourth-order valence-corrected chi connectivity index (χ4v) is 4.37. The molecule has 2 fully saturated rings. The predicted octanol–water partition coefficient (Wildman–Crippen LogP) is 4.07. The third-order valence-corrected chi connectivity index (χ3v) is 5.35. The Hall–Kier alpha value is -1.20. The van der Waals surface area contributed by atoms with Crippen LogP contribution in [0.15, 0.2) is 24.3 Å². The van der Waals surface area contributed by atoms with Gasteiger partial charge in [0.05, 0.1) is 6.10 Å². The Morgan fingerprint density at radius 2 is 1.96 bits per heavy atom. The van der Waals surface area contributed by atoms with Crippen molar-refractivity contribution in [2.75, 3.05) is 20.2 Å². The average molecular weight is 325 g/mol. The molecular formula is C18H25F2NO2. The molecule has 3 rings (SSSR count). The number of nitrogens with zero attached hydrogens (tertiary/aromatic N) is 1. The number of halogens is 2. The van der Waals surface area contributed by atoms with Gasteiger partial charge < -0.3 is 9.47 Å². The Morgan fingerprint density at radius 3 is 2.65 bits per heavy atom. The van der Waals surface area contributed by atoms with Gasteiger partial charge in [0, 0.05) is 25.6 Å². The van der Waals surface area contributed by atoms with Crippen LogP contribution in [0, 0.1) is 5.41 Å². The zero-order chi connectivity index (χ0) is 16.3. The standard InChI is InChI=1S/C18H25F2NO2/c1-22-16-4-2-9-18(16)10-3-11-21(13-18)12-14-5-7-15(8-6-14)23-17(19)20/h5-8,16-17H,2-4,9-13H2,1H3/t16-,18+/m1/s1. The molecule has 1 aromatic rings. The molecule has 1 spiro atoms. The molecule has 0 N–H and O–H groups in total. The van der Waals surface area contributed by atoms with E-state index in [-0.39, 0.29) is 5.75 Å². The first-order valence-electron chi connectivity index (χ1n) is 8.40. The quantitative estimate of drug-likeness (QED) is 0.814. The molecule has 1 saturated carbocycles. The number of rotatable bonds is 5. The summed E-state index contributed by atoms with van der Waals surface area (Å²) in [6.45, 7) is 0.248. The van der Waals surface area contributed by atoms with Crippen molar-refractivity contribution in [3.8, 4) is 5.75 Å². The van der Waals surface area contributed by atoms with Gasteiger partial charge in [0.25, 0.3) is 0 Å². The smallest absolute Gasteiger partial charge is 0.387 e. The summed E-state index contributed by atoms with van der Waals surface area (Å²) in [5.74, 6) is 0.217. The second kappa shape index (κ2) is 7.14. The zero-order valence-corrected chi connectivity index (χ0v) is 13.6. The molecule has 1 saturated heterocycles. The fourth-order valence-electron chi connectivity index (χ4n) is 4.37. The molecule has 0 bridgehead atoms. The first-order valence-corrected chi connectivity index (χ1v) is 8.40. The van der Waals surface area contributed by atoms with Crippen molar-refractivity contribution in [1.29, 1.82) is 0 Å². The van der Waals surface area contributed by atoms with Gasteiger partial charge >= 0.3 is 6.61 Å². The summed E-state index contributed by atoms with van der Waals surface area (Å²) in [4.78, 5) is 2.48. The van der Waals surface area contributed by atoms with E-state index in [0.29, 0.717) is 11.5 Å². The van der Waals surface area contributed by atoms with Crippen molar-refractivity contribution in [2.24, 2.45) is 5.41 Å². The number of piperidine rings is 1. The van der Waals surface area contributed by atoms with Gasteiger partial charge in [-0.15, -0.1) is 0 Å². The van der Waals surface area contributed by atoms with Crippen LogP contribution in [-0.2, 0) is 11.3 Å². The van der Waals surface area contributed by atoms with Gasteiger partial charge in [-0.05, 0) is 49.9 Å². The molecular weight excluding hydrogens is 300 g/mol. The number of hydrogen-bond donors (Lipinski definition) is 0. The monoisotopic (exact) mass is 325 g/mol. The molecule has 0 radical (unpaired) electrons. The zero-order valence-electron chi connectivity index (χ0n) is 13.6. The Bertz CT molecular complexity index is 508. The van der Waals surface area contributed by atoms with E-state index >= 15 is 0 Å². The summed E-state index contributed by atoms with van der Waals surface area (Å²) in [5.41, 5.74) is 1.45. The number of alkyl halides is 2. The molecule has 3 nitrogen and oxygen atoms in total. The third kappa shape index (κ3) is 3.83. The Labute approximate surface area is 136 Å². The van der Waals surface area contributed by atoms with E-state index in [1.54, 1.807) is 12.1 Å². The van der Waals surface area contributed by atoms with Crippen molar-refractivity contribution in [2.45, 2.75) is 51.4 Å². The van der Waals surface area contributed by atoms with E-state index < -0.39 is 6.61 Å². The van der Waals surface area contributed by atoms with Crippen LogP contribution in [0.2, 0.25) is 0 Å². The fraction of sp³-hybridized carbons (Fsp3) is 0.667. The number of methoxy groups -OCH3 is 1. The van der Waals surface area contributed by atoms with Gasteiger partial charge in [-0.1, -0.05) is 18.6 Å². The van der Waals surface area contributed by atoms with E-state index in [2.05, 4.69) is 9.64 Å². The molecule has 0 unspecified atom stereocenters. The number of benzene rings is 1. The summed E-state index contributed by atoms with van der Waals surface area (Å²) in [5, 5.41) is 0. The minimum absolute atomic E-state index is 0.217. The molecule has 2 atom stereocenters. The highest BCUT2D eigenvalue weighted by atomic mass is 19.3. The highest BCUT2D eigenvalue weighted by Gasteiger charge is 2.45. The van der Waals surface area contributed by atoms with Crippen LogP contribution >= 0.6 is 0 Å². The molecule has 0 amide bonds. The van der Waals surface area contributed by atoms with Crippen LogP contribution in [0.1, 0.15) is 37.7 Å². The average Bonchev–Trinajstić information content (AvgIpc) is 2.91. The maximum atomic E-state index is 12.2. The summed E-state index contributed by atoms with van der Waals surface area (Å²) in [6, 6.07) is 6.99. The van der Waals surface area contributed by atoms with Gasteiger partial charge in [0.2, 0.25) is 0 Å². The van der Waals surface area contributed by atoms with Gasteiger partial charge in [0.15, 0.2) is 0 Å². The molecule has 1 heterocycles. The number of ether oxygens (including phenoxy) is 2. The van der Waals surface area contributed by atoms with Crippen LogP contribution in [0.4, 0.5) is 8.78 Å². The molecule has 1 aromatic carbocycles. The number of hydrogen-bond acceptors (Lipinski definition) is 3. The van der Waals surface area contributed by atoms with Crippen molar-refractivity contribution < 1.29 is 18.3 Å². The topological polar surface area (TPSA) is 21.7 Å². The van der Waals surface area contributed by atoms with Gasteiger partial charge in [-0.2, -0.15) is 8.78 Å². The van der Waals surface area contributed by atoms with E-state index in [9.17, 15) is 8.78 Å². The normalized spacial score (nSPS) is 28.6. The van der Waals surface area contributed by atoms with Crippen LogP contribution in [-0.4, -0.2) is 37.8 Å². The SMILES string of the molecule is CO[C@@H]1CCC[C@@]12CCCN(Cc1ccc(OC(F)F)cc1)C2. The minimum Gasteiger partial charge on any atom is -0.435 e. The highest BCUT2D eigenvalue weighted by molar-refractivity contribution is 5.27.